The summed E-state index contributed by atoms with van der Waals surface area (Å²) >= 11 is 0. The van der Waals surface area contributed by atoms with Crippen LogP contribution < -0.4 is 14.4 Å². The summed E-state index contributed by atoms with van der Waals surface area (Å²) < 4.78 is 55.9. The number of ether oxygens (including phenoxy) is 2. The van der Waals surface area contributed by atoms with Gasteiger partial charge in [-0.3, -0.25) is 9.67 Å². The van der Waals surface area contributed by atoms with Crippen molar-refractivity contribution >= 4 is 32.9 Å². The topological polar surface area (TPSA) is 133 Å². The molecule has 0 saturated heterocycles. The lowest BCUT2D eigenvalue weighted by Crippen LogP contribution is -2.29. The lowest BCUT2D eigenvalue weighted by Gasteiger charge is -2.25. The Balaban J connectivity index is 1.67. The summed E-state index contributed by atoms with van der Waals surface area (Å²) in [6.45, 7) is 1.59. The van der Waals surface area contributed by atoms with E-state index in [-0.39, 0.29) is 18.0 Å². The van der Waals surface area contributed by atoms with Crippen LogP contribution in [-0.2, 0) is 23.8 Å². The van der Waals surface area contributed by atoms with Gasteiger partial charge >= 0.3 is 10.2 Å². The number of rotatable bonds is 9. The zero-order valence-corrected chi connectivity index (χ0v) is 24.1. The molecule has 0 bridgehead atoms. The van der Waals surface area contributed by atoms with Crippen LogP contribution in [0.2, 0.25) is 0 Å². The first-order valence-corrected chi connectivity index (χ1v) is 13.7. The molecule has 1 aromatic carbocycles. The fourth-order valence-corrected chi connectivity index (χ4v) is 5.15. The molecule has 41 heavy (non-hydrogen) atoms. The first-order valence-electron chi connectivity index (χ1n) is 12.3. The maximum absolute atomic E-state index is 15.8. The number of anilines is 2. The van der Waals surface area contributed by atoms with Crippen LogP contribution in [0.5, 0.6) is 11.5 Å². The molecule has 15 heteroatoms. The quantitative estimate of drug-likeness (QED) is 0.256. The van der Waals surface area contributed by atoms with Crippen molar-refractivity contribution in [3.05, 3.63) is 66.4 Å². The highest BCUT2D eigenvalue weighted by Crippen LogP contribution is 2.37. The Morgan fingerprint density at radius 3 is 2.49 bits per heavy atom. The van der Waals surface area contributed by atoms with Gasteiger partial charge in [0.15, 0.2) is 17.2 Å². The Morgan fingerprint density at radius 2 is 1.83 bits per heavy atom. The lowest BCUT2D eigenvalue weighted by molar-refractivity contribution is 0.374. The Bertz CT molecular complexity index is 1850. The van der Waals surface area contributed by atoms with Gasteiger partial charge in [-0.25, -0.2) is 23.3 Å². The minimum Gasteiger partial charge on any atom is -0.497 e. The number of nitrogens with zero attached hydrogens (tertiary/aromatic N) is 9. The predicted molar refractivity (Wildman–Crippen MR) is 150 cm³/mol. The van der Waals surface area contributed by atoms with Gasteiger partial charge < -0.3 is 14.4 Å². The molecular weight excluding hydrogens is 553 g/mol. The van der Waals surface area contributed by atoms with E-state index in [9.17, 15) is 8.42 Å². The SMILES string of the molecule is COc1cc(OC)c(F)c(N(Cc2ncn(S(=O)(=O)N(C)C)c2C)c2ccc3ncc(-c4cnn(C)c4)nc3n2)c1. The molecule has 0 N–H and O–H groups in total. The second kappa shape index (κ2) is 10.7. The molecule has 0 unspecified atom stereocenters. The molecule has 0 spiro atoms. The number of halogens is 1. The molecule has 5 aromatic rings. The minimum atomic E-state index is -3.83. The molecule has 0 fully saturated rings. The lowest BCUT2D eigenvalue weighted by atomic mass is 10.2. The monoisotopic (exact) mass is 581 g/mol. The fraction of sp³-hybridized carbons (Fsp3) is 0.269. The zero-order chi connectivity index (χ0) is 29.5. The van der Waals surface area contributed by atoms with Gasteiger partial charge in [-0.15, -0.1) is 0 Å². The number of hydrogen-bond acceptors (Lipinski definition) is 10. The molecule has 4 aromatic heterocycles. The van der Waals surface area contributed by atoms with E-state index in [1.165, 1.54) is 46.8 Å². The number of aryl methyl sites for hydroxylation is 1. The average molecular weight is 582 g/mol. The van der Waals surface area contributed by atoms with Crippen LogP contribution in [0.4, 0.5) is 15.9 Å². The molecule has 0 aliphatic rings. The number of benzene rings is 1. The van der Waals surface area contributed by atoms with Crippen LogP contribution in [0, 0.1) is 12.7 Å². The Morgan fingerprint density at radius 1 is 1.05 bits per heavy atom. The third-order valence-corrected chi connectivity index (χ3v) is 8.28. The van der Waals surface area contributed by atoms with E-state index in [4.69, 9.17) is 14.5 Å². The number of fused-ring (bicyclic) bond motifs is 1. The van der Waals surface area contributed by atoms with E-state index in [0.717, 1.165) is 13.8 Å². The molecule has 0 saturated carbocycles. The van der Waals surface area contributed by atoms with Gasteiger partial charge in [0.2, 0.25) is 0 Å². The zero-order valence-electron chi connectivity index (χ0n) is 23.3. The van der Waals surface area contributed by atoms with Gasteiger partial charge in [0.05, 0.1) is 55.9 Å². The molecule has 0 amide bonds. The van der Waals surface area contributed by atoms with Gasteiger partial charge in [0.25, 0.3) is 0 Å². The summed E-state index contributed by atoms with van der Waals surface area (Å²) in [6.07, 6.45) is 6.34. The van der Waals surface area contributed by atoms with Crippen LogP contribution in [-0.4, -0.2) is 74.7 Å². The number of hydrogen-bond donors (Lipinski definition) is 0. The van der Waals surface area contributed by atoms with Crippen molar-refractivity contribution < 1.29 is 22.3 Å². The Kier molecular flexibility index (Phi) is 7.31. The van der Waals surface area contributed by atoms with Crippen LogP contribution in [0.3, 0.4) is 0 Å². The Hall–Kier alpha value is -4.63. The molecule has 0 atom stereocenters. The van der Waals surface area contributed by atoms with E-state index < -0.39 is 16.0 Å². The van der Waals surface area contributed by atoms with Crippen LogP contribution >= 0.6 is 0 Å². The molecule has 0 aliphatic heterocycles. The van der Waals surface area contributed by atoms with Gasteiger partial charge in [-0.1, -0.05) is 0 Å². The van der Waals surface area contributed by atoms with Gasteiger partial charge in [-0.2, -0.15) is 17.8 Å². The molecule has 4 heterocycles. The molecule has 5 rings (SSSR count). The smallest absolute Gasteiger partial charge is 0.308 e. The molecule has 214 valence electrons. The van der Waals surface area contributed by atoms with Gasteiger partial charge in [0.1, 0.15) is 23.4 Å². The summed E-state index contributed by atoms with van der Waals surface area (Å²) in [5.74, 6) is -0.0430. The normalized spacial score (nSPS) is 11.8. The van der Waals surface area contributed by atoms with Crippen LogP contribution in [0.15, 0.2) is 49.2 Å². The highest BCUT2D eigenvalue weighted by Gasteiger charge is 2.26. The van der Waals surface area contributed by atoms with Gasteiger partial charge in [0, 0.05) is 45.0 Å². The minimum absolute atomic E-state index is 0.0384. The number of imidazole rings is 1. The summed E-state index contributed by atoms with van der Waals surface area (Å²) in [5.41, 5.74) is 3.00. The van der Waals surface area contributed by atoms with Crippen molar-refractivity contribution in [2.24, 2.45) is 7.05 Å². The first kappa shape index (κ1) is 27.9. The van der Waals surface area contributed by atoms with E-state index in [2.05, 4.69) is 20.1 Å². The van der Waals surface area contributed by atoms with Crippen molar-refractivity contribution in [2.45, 2.75) is 13.5 Å². The van der Waals surface area contributed by atoms with Crippen molar-refractivity contribution in [3.8, 4) is 22.8 Å². The van der Waals surface area contributed by atoms with Crippen LogP contribution in [0.25, 0.3) is 22.4 Å². The standard InChI is InChI=1S/C26H28FN9O4S/c1-16-21(29-15-36(16)41(37,38)33(2)3)14-35(22-9-18(39-5)10-23(40-6)25(22)27)24-8-7-19-26(32-24)31-20(12-28-19)17-11-30-34(4)13-17/h7-13,15H,14H2,1-6H3. The van der Waals surface area contributed by atoms with Crippen molar-refractivity contribution in [1.82, 2.24) is 38.0 Å². The molecule has 0 aliphatic carbocycles. The predicted octanol–water partition coefficient (Wildman–Crippen LogP) is 3.08. The van der Waals surface area contributed by atoms with Crippen LogP contribution in [0.1, 0.15) is 11.4 Å². The van der Waals surface area contributed by atoms with E-state index in [1.807, 2.05) is 6.20 Å². The first-order chi connectivity index (χ1) is 19.5. The third kappa shape index (κ3) is 5.16. The van der Waals surface area contributed by atoms with E-state index in [0.29, 0.717) is 39.8 Å². The van der Waals surface area contributed by atoms with E-state index in [1.54, 1.807) is 48.1 Å². The molecule has 13 nitrogen and oxygen atoms in total. The number of pyridine rings is 1. The van der Waals surface area contributed by atoms with Crippen molar-refractivity contribution in [1.29, 1.82) is 0 Å². The highest BCUT2D eigenvalue weighted by molar-refractivity contribution is 7.87. The number of aromatic nitrogens is 7. The van der Waals surface area contributed by atoms with Gasteiger partial charge in [-0.05, 0) is 19.1 Å². The largest absolute Gasteiger partial charge is 0.497 e. The van der Waals surface area contributed by atoms with Crippen molar-refractivity contribution in [2.75, 3.05) is 33.2 Å². The second-order valence-electron chi connectivity index (χ2n) is 9.28. The average Bonchev–Trinajstić information content (AvgIpc) is 3.56. The Labute approximate surface area is 236 Å². The summed E-state index contributed by atoms with van der Waals surface area (Å²) in [7, 11) is 3.65. The summed E-state index contributed by atoms with van der Waals surface area (Å²) in [6, 6.07) is 6.33. The fourth-order valence-electron chi connectivity index (χ4n) is 4.18. The maximum atomic E-state index is 15.8. The summed E-state index contributed by atoms with van der Waals surface area (Å²) in [5, 5.41) is 4.19. The van der Waals surface area contributed by atoms with Crippen molar-refractivity contribution in [3.63, 3.8) is 0 Å². The van der Waals surface area contributed by atoms with E-state index >= 15 is 4.39 Å². The number of methoxy groups -OCH3 is 2. The molecular formula is C26H28FN9O4S. The summed E-state index contributed by atoms with van der Waals surface area (Å²) in [4.78, 5) is 19.8. The second-order valence-corrected chi connectivity index (χ2v) is 11.3. The third-order valence-electron chi connectivity index (χ3n) is 6.49. The highest BCUT2D eigenvalue weighted by atomic mass is 32.2. The molecule has 0 radical (unpaired) electrons. The maximum Gasteiger partial charge on any atom is 0.308 e.